The van der Waals surface area contributed by atoms with Crippen molar-refractivity contribution in [3.8, 4) is 0 Å². The van der Waals surface area contributed by atoms with Crippen molar-refractivity contribution in [1.29, 1.82) is 0 Å². The Bertz CT molecular complexity index is 632. The Labute approximate surface area is 115 Å². The van der Waals surface area contributed by atoms with Crippen LogP contribution in [0, 0.1) is 0 Å². The number of hydrogen-bond acceptors (Lipinski definition) is 3. The van der Waals surface area contributed by atoms with Gasteiger partial charge in [0, 0.05) is 11.2 Å². The number of benzene rings is 1. The number of epoxide rings is 1. The van der Waals surface area contributed by atoms with Gasteiger partial charge in [-0.2, -0.15) is 0 Å². The average Bonchev–Trinajstić information content (AvgIpc) is 3.16. The van der Waals surface area contributed by atoms with E-state index in [9.17, 15) is 4.79 Å². The van der Waals surface area contributed by atoms with Gasteiger partial charge >= 0.3 is 0 Å². The van der Waals surface area contributed by atoms with Gasteiger partial charge in [0.25, 0.3) is 5.91 Å². The summed E-state index contributed by atoms with van der Waals surface area (Å²) in [6.07, 6.45) is 1.18. The van der Waals surface area contributed by atoms with Crippen LogP contribution in [0.4, 0.5) is 0 Å². The molecule has 1 fully saturated rings. The van der Waals surface area contributed by atoms with Crippen LogP contribution >= 0.6 is 11.6 Å². The van der Waals surface area contributed by atoms with E-state index in [1.807, 2.05) is 12.1 Å². The van der Waals surface area contributed by atoms with Crippen LogP contribution in [0.2, 0.25) is 5.02 Å². The second kappa shape index (κ2) is 4.33. The number of nitrogens with two attached hydrogens (primary N) is 1. The summed E-state index contributed by atoms with van der Waals surface area (Å²) in [5, 5.41) is 0.590. The summed E-state index contributed by atoms with van der Waals surface area (Å²) >= 11 is 5.95. The molecule has 2 heterocycles. The summed E-state index contributed by atoms with van der Waals surface area (Å²) in [5.74, 6) is -0.545. The average molecular weight is 275 g/mol. The third-order valence-corrected chi connectivity index (χ3v) is 3.41. The number of nitrogens with zero attached hydrogens (tertiary/aromatic N) is 1. The minimum Gasteiger partial charge on any atom is -0.367 e. The number of rotatable bonds is 3. The van der Waals surface area contributed by atoms with Crippen molar-refractivity contribution in [3.63, 3.8) is 0 Å². The predicted octanol–water partition coefficient (Wildman–Crippen LogP) is 2.19. The van der Waals surface area contributed by atoms with Crippen LogP contribution in [0.15, 0.2) is 48.7 Å². The zero-order chi connectivity index (χ0) is 13.5. The summed E-state index contributed by atoms with van der Waals surface area (Å²) in [6.45, 7) is 0. The second-order valence-electron chi connectivity index (χ2n) is 4.37. The van der Waals surface area contributed by atoms with E-state index in [2.05, 4.69) is 4.98 Å². The molecule has 0 radical (unpaired) electrons. The molecule has 1 saturated heterocycles. The van der Waals surface area contributed by atoms with E-state index in [-0.39, 0.29) is 0 Å². The van der Waals surface area contributed by atoms with Crippen LogP contribution in [0.1, 0.15) is 17.4 Å². The van der Waals surface area contributed by atoms with Crippen molar-refractivity contribution >= 4 is 17.5 Å². The Balaban J connectivity index is 2.02. The fraction of sp³-hybridized carbons (Fsp3) is 0.143. The first-order valence-electron chi connectivity index (χ1n) is 5.79. The third kappa shape index (κ3) is 1.89. The highest BCUT2D eigenvalue weighted by molar-refractivity contribution is 6.30. The molecule has 1 amide bonds. The Morgan fingerprint density at radius 3 is 2.79 bits per heavy atom. The molecule has 4 nitrogen and oxygen atoms in total. The van der Waals surface area contributed by atoms with Crippen molar-refractivity contribution in [1.82, 2.24) is 4.98 Å². The van der Waals surface area contributed by atoms with E-state index >= 15 is 0 Å². The van der Waals surface area contributed by atoms with E-state index in [0.29, 0.717) is 10.7 Å². The van der Waals surface area contributed by atoms with Crippen LogP contribution in [0.25, 0.3) is 0 Å². The van der Waals surface area contributed by atoms with Gasteiger partial charge in [-0.05, 0) is 29.8 Å². The smallest absolute Gasteiger partial charge is 0.259 e. The number of hydrogen-bond donors (Lipinski definition) is 1. The quantitative estimate of drug-likeness (QED) is 0.872. The molecule has 2 aromatic rings. The maximum Gasteiger partial charge on any atom is 0.259 e. The number of amides is 1. The van der Waals surface area contributed by atoms with Gasteiger partial charge in [0.2, 0.25) is 5.60 Å². The highest BCUT2D eigenvalue weighted by Gasteiger charge is 2.64. The number of pyridine rings is 1. The molecular formula is C14H11ClN2O2. The molecule has 2 N–H and O–H groups in total. The molecule has 1 aromatic carbocycles. The first-order chi connectivity index (χ1) is 9.14. The zero-order valence-corrected chi connectivity index (χ0v) is 10.7. The zero-order valence-electron chi connectivity index (χ0n) is 9.92. The van der Waals surface area contributed by atoms with Gasteiger partial charge in [0.1, 0.15) is 6.10 Å². The Kier molecular flexibility index (Phi) is 2.77. The minimum atomic E-state index is -1.17. The van der Waals surface area contributed by atoms with Crippen LogP contribution in [-0.2, 0) is 15.1 Å². The van der Waals surface area contributed by atoms with Crippen LogP contribution in [0.5, 0.6) is 0 Å². The Hall–Kier alpha value is -1.91. The molecule has 0 bridgehead atoms. The van der Waals surface area contributed by atoms with Crippen molar-refractivity contribution < 1.29 is 9.53 Å². The maximum absolute atomic E-state index is 11.8. The van der Waals surface area contributed by atoms with Gasteiger partial charge in [0.15, 0.2) is 0 Å². The first kappa shape index (κ1) is 12.1. The van der Waals surface area contributed by atoms with E-state index in [1.165, 1.54) is 0 Å². The minimum absolute atomic E-state index is 0.432. The summed E-state index contributed by atoms with van der Waals surface area (Å²) in [5.41, 5.74) is 5.66. The molecule has 1 aromatic heterocycles. The van der Waals surface area contributed by atoms with E-state index in [4.69, 9.17) is 22.1 Å². The number of primary amides is 1. The van der Waals surface area contributed by atoms with Crippen molar-refractivity contribution in [2.75, 3.05) is 0 Å². The lowest BCUT2D eigenvalue weighted by atomic mass is 9.95. The molecule has 1 aliphatic rings. The number of carbonyl (C=O) groups is 1. The Morgan fingerprint density at radius 1 is 1.32 bits per heavy atom. The monoisotopic (exact) mass is 274 g/mol. The molecule has 0 aliphatic carbocycles. The number of ether oxygens (including phenoxy) is 1. The highest BCUT2D eigenvalue weighted by atomic mass is 35.5. The van der Waals surface area contributed by atoms with Crippen molar-refractivity contribution in [3.05, 3.63) is 64.9 Å². The number of halogens is 1. The van der Waals surface area contributed by atoms with Crippen molar-refractivity contribution in [2.24, 2.45) is 5.73 Å². The van der Waals surface area contributed by atoms with E-state index in [0.717, 1.165) is 5.56 Å². The van der Waals surface area contributed by atoms with Crippen LogP contribution in [0.3, 0.4) is 0 Å². The Morgan fingerprint density at radius 2 is 2.16 bits per heavy atom. The van der Waals surface area contributed by atoms with E-state index < -0.39 is 17.6 Å². The van der Waals surface area contributed by atoms with Gasteiger partial charge in [-0.15, -0.1) is 0 Å². The topological polar surface area (TPSA) is 68.5 Å². The van der Waals surface area contributed by atoms with Crippen molar-refractivity contribution in [2.45, 2.75) is 11.7 Å². The molecule has 96 valence electrons. The molecular weight excluding hydrogens is 264 g/mol. The molecule has 2 atom stereocenters. The van der Waals surface area contributed by atoms with Crippen LogP contribution < -0.4 is 5.73 Å². The molecule has 1 aliphatic heterocycles. The van der Waals surface area contributed by atoms with Gasteiger partial charge in [-0.25, -0.2) is 0 Å². The van der Waals surface area contributed by atoms with Gasteiger partial charge in [-0.3, -0.25) is 9.78 Å². The van der Waals surface area contributed by atoms with Gasteiger partial charge in [0.05, 0.1) is 5.69 Å². The highest BCUT2D eigenvalue weighted by Crippen LogP contribution is 2.56. The third-order valence-electron chi connectivity index (χ3n) is 3.18. The lowest BCUT2D eigenvalue weighted by molar-refractivity contribution is -0.123. The lowest BCUT2D eigenvalue weighted by Crippen LogP contribution is -2.31. The standard InChI is InChI=1S/C14H11ClN2O2/c15-10-5-3-4-9(8-10)12-14(19-12,13(16)18)11-6-1-2-7-17-11/h1-8,12H,(H2,16,18). The largest absolute Gasteiger partial charge is 0.367 e. The van der Waals surface area contributed by atoms with Gasteiger partial charge in [-0.1, -0.05) is 29.8 Å². The summed E-state index contributed by atoms with van der Waals surface area (Å²) in [7, 11) is 0. The molecule has 0 saturated carbocycles. The SMILES string of the molecule is NC(=O)C1(c2ccccn2)OC1c1cccc(Cl)c1. The number of aromatic nitrogens is 1. The normalized spacial score (nSPS) is 25.0. The fourth-order valence-electron chi connectivity index (χ4n) is 2.21. The van der Waals surface area contributed by atoms with Gasteiger partial charge < -0.3 is 10.5 Å². The summed E-state index contributed by atoms with van der Waals surface area (Å²) < 4.78 is 5.60. The maximum atomic E-state index is 11.8. The van der Waals surface area contributed by atoms with E-state index in [1.54, 1.807) is 36.5 Å². The molecule has 19 heavy (non-hydrogen) atoms. The second-order valence-corrected chi connectivity index (χ2v) is 4.80. The molecule has 2 unspecified atom stereocenters. The molecule has 0 spiro atoms. The molecule has 5 heteroatoms. The first-order valence-corrected chi connectivity index (χ1v) is 6.17. The predicted molar refractivity (Wildman–Crippen MR) is 70.4 cm³/mol. The summed E-state index contributed by atoms with van der Waals surface area (Å²) in [4.78, 5) is 16.0. The van der Waals surface area contributed by atoms with Crippen LogP contribution in [-0.4, -0.2) is 10.9 Å². The molecule has 3 rings (SSSR count). The number of carbonyl (C=O) groups excluding carboxylic acids is 1. The fourth-order valence-corrected chi connectivity index (χ4v) is 2.41. The summed E-state index contributed by atoms with van der Waals surface area (Å²) in [6, 6.07) is 12.5. The lowest BCUT2D eigenvalue weighted by Gasteiger charge is -2.08.